The van der Waals surface area contributed by atoms with E-state index >= 15 is 0 Å². The van der Waals surface area contributed by atoms with Gasteiger partial charge in [0.25, 0.3) is 0 Å². The molecule has 0 spiro atoms. The predicted octanol–water partition coefficient (Wildman–Crippen LogP) is 6.82. The molecule has 0 fully saturated rings. The number of hydrogen-bond donors (Lipinski definition) is 1. The lowest BCUT2D eigenvalue weighted by Crippen LogP contribution is -2.37. The monoisotopic (exact) mass is 595 g/mol. The number of carboxylic acid groups (broad SMARTS) is 1. The molecule has 0 saturated carbocycles. The summed E-state index contributed by atoms with van der Waals surface area (Å²) in [5.41, 5.74) is 1.65. The quantitative estimate of drug-likeness (QED) is 0.220. The van der Waals surface area contributed by atoms with Crippen LogP contribution in [0.1, 0.15) is 24.5 Å². The van der Waals surface area contributed by atoms with Crippen LogP contribution in [0.4, 0.5) is 13.6 Å². The number of carbonyl (C=O) groups excluding carboxylic acids is 1. The van der Waals surface area contributed by atoms with Crippen LogP contribution in [-0.2, 0) is 22.4 Å². The molecule has 7 nitrogen and oxygen atoms in total. The van der Waals surface area contributed by atoms with E-state index in [0.29, 0.717) is 34.7 Å². The minimum atomic E-state index is -1.03. The summed E-state index contributed by atoms with van der Waals surface area (Å²) in [6, 6.07) is 14.7. The van der Waals surface area contributed by atoms with Gasteiger partial charge in [-0.25, -0.2) is 18.4 Å². The van der Waals surface area contributed by atoms with E-state index in [-0.39, 0.29) is 38.5 Å². The van der Waals surface area contributed by atoms with Crippen molar-refractivity contribution in [2.75, 3.05) is 26.3 Å². The molecule has 1 amide bonds. The third-order valence-corrected chi connectivity index (χ3v) is 6.22. The Labute approximate surface area is 241 Å². The lowest BCUT2D eigenvalue weighted by atomic mass is 10.1. The van der Waals surface area contributed by atoms with Crippen molar-refractivity contribution in [3.63, 3.8) is 0 Å². The molecule has 1 unspecified atom stereocenters. The Morgan fingerprint density at radius 3 is 2.27 bits per heavy atom. The van der Waals surface area contributed by atoms with Crippen LogP contribution in [-0.4, -0.2) is 54.5 Å². The van der Waals surface area contributed by atoms with Gasteiger partial charge in [0.2, 0.25) is 0 Å². The molecular formula is C29H29Cl2F2NO6. The van der Waals surface area contributed by atoms with E-state index in [1.165, 1.54) is 4.90 Å². The molecule has 1 N–H and O–H groups in total. The summed E-state index contributed by atoms with van der Waals surface area (Å²) in [7, 11) is 0. The van der Waals surface area contributed by atoms with E-state index in [1.54, 1.807) is 49.4 Å². The largest absolute Gasteiger partial charge is 0.492 e. The van der Waals surface area contributed by atoms with Crippen molar-refractivity contribution in [3.8, 4) is 11.5 Å². The Bertz CT molecular complexity index is 1270. The van der Waals surface area contributed by atoms with Gasteiger partial charge in [0.1, 0.15) is 18.2 Å². The van der Waals surface area contributed by atoms with Crippen molar-refractivity contribution in [3.05, 3.63) is 93.5 Å². The molecule has 3 rings (SSSR count). The number of aliphatic carboxylic acids is 1. The Balaban J connectivity index is 1.61. The van der Waals surface area contributed by atoms with Gasteiger partial charge in [-0.3, -0.25) is 0 Å². The number of benzene rings is 3. The smallest absolute Gasteiger partial charge is 0.415 e. The topological polar surface area (TPSA) is 85.3 Å². The molecule has 214 valence electrons. The summed E-state index contributed by atoms with van der Waals surface area (Å²) >= 11 is 12.1. The molecule has 0 aromatic heterocycles. The summed E-state index contributed by atoms with van der Waals surface area (Å²) in [5.74, 6) is -2.69. The zero-order valence-corrected chi connectivity index (χ0v) is 23.3. The fraction of sp³-hybridized carbons (Fsp3) is 0.310. The molecular weight excluding hydrogens is 567 g/mol. The molecule has 40 heavy (non-hydrogen) atoms. The first kappa shape index (κ1) is 31.1. The zero-order chi connectivity index (χ0) is 29.1. The van der Waals surface area contributed by atoms with Crippen molar-refractivity contribution in [2.24, 2.45) is 0 Å². The summed E-state index contributed by atoms with van der Waals surface area (Å²) in [6.45, 7) is 2.49. The van der Waals surface area contributed by atoms with Crippen LogP contribution >= 0.6 is 23.2 Å². The minimum absolute atomic E-state index is 0.0973. The highest BCUT2D eigenvalue weighted by molar-refractivity contribution is 6.34. The number of carboxylic acids is 1. The highest BCUT2D eigenvalue weighted by atomic mass is 35.5. The zero-order valence-electron chi connectivity index (χ0n) is 21.7. The molecule has 0 heterocycles. The van der Waals surface area contributed by atoms with Gasteiger partial charge >= 0.3 is 12.1 Å². The lowest BCUT2D eigenvalue weighted by Gasteiger charge is -2.22. The number of ether oxygens (including phenoxy) is 3. The molecule has 0 bridgehead atoms. The highest BCUT2D eigenvalue weighted by Gasteiger charge is 2.19. The summed E-state index contributed by atoms with van der Waals surface area (Å²) in [4.78, 5) is 25.6. The maximum Gasteiger partial charge on any atom is 0.415 e. The number of halogens is 4. The minimum Gasteiger partial charge on any atom is -0.492 e. The van der Waals surface area contributed by atoms with Gasteiger partial charge in [-0.05, 0) is 73.4 Å². The SMILES string of the molecule is CCOC(Cc1ccc(OCCN(CCCc2cc(Cl)cc(Cl)c2)C(=O)Oc2ccc(F)cc2F)cc1)C(=O)O. The first-order valence-corrected chi connectivity index (χ1v) is 13.3. The molecule has 3 aromatic rings. The predicted molar refractivity (Wildman–Crippen MR) is 147 cm³/mol. The molecule has 0 saturated heterocycles. The number of nitrogens with zero attached hydrogens (tertiary/aromatic N) is 1. The van der Waals surface area contributed by atoms with Gasteiger partial charge in [-0.1, -0.05) is 35.3 Å². The third kappa shape index (κ3) is 9.97. The third-order valence-electron chi connectivity index (χ3n) is 5.78. The van der Waals surface area contributed by atoms with Gasteiger partial charge in [-0.15, -0.1) is 0 Å². The van der Waals surface area contributed by atoms with Crippen molar-refractivity contribution < 1.29 is 37.7 Å². The fourth-order valence-electron chi connectivity index (χ4n) is 3.87. The highest BCUT2D eigenvalue weighted by Crippen LogP contribution is 2.21. The number of hydrogen-bond acceptors (Lipinski definition) is 5. The second-order valence-electron chi connectivity index (χ2n) is 8.79. The molecule has 1 atom stereocenters. The van der Waals surface area contributed by atoms with Gasteiger partial charge < -0.3 is 24.2 Å². The van der Waals surface area contributed by atoms with Crippen molar-refractivity contribution in [2.45, 2.75) is 32.3 Å². The Morgan fingerprint density at radius 2 is 1.65 bits per heavy atom. The summed E-state index contributed by atoms with van der Waals surface area (Å²) < 4.78 is 43.5. The standard InChI is InChI=1S/C29H29Cl2F2NO6/c1-2-38-27(28(35)36)16-19-5-8-24(9-6-19)39-13-12-34(11-3-4-20-14-21(30)17-22(31)15-20)29(37)40-26-10-7-23(32)18-25(26)33/h5-10,14-15,17-18,27H,2-4,11-13,16H2,1H3,(H,35,36). The van der Waals surface area contributed by atoms with E-state index in [1.807, 2.05) is 0 Å². The molecule has 11 heteroatoms. The number of rotatable bonds is 14. The van der Waals surface area contributed by atoms with Crippen LogP contribution in [0.5, 0.6) is 11.5 Å². The first-order valence-electron chi connectivity index (χ1n) is 12.6. The van der Waals surface area contributed by atoms with E-state index in [9.17, 15) is 23.5 Å². The van der Waals surface area contributed by atoms with Crippen molar-refractivity contribution in [1.82, 2.24) is 4.90 Å². The lowest BCUT2D eigenvalue weighted by molar-refractivity contribution is -0.149. The number of aryl methyl sites for hydroxylation is 1. The summed E-state index contributed by atoms with van der Waals surface area (Å²) in [5, 5.41) is 10.3. The molecule has 0 radical (unpaired) electrons. The van der Waals surface area contributed by atoms with Crippen LogP contribution in [0.25, 0.3) is 0 Å². The van der Waals surface area contributed by atoms with Gasteiger partial charge in [0.15, 0.2) is 17.7 Å². The summed E-state index contributed by atoms with van der Waals surface area (Å²) in [6.07, 6.45) is -0.455. The second kappa shape index (κ2) is 15.4. The Hall–Kier alpha value is -3.40. The second-order valence-corrected chi connectivity index (χ2v) is 9.66. The van der Waals surface area contributed by atoms with Crippen LogP contribution in [0, 0.1) is 11.6 Å². The van der Waals surface area contributed by atoms with E-state index in [4.69, 9.17) is 37.4 Å². The Morgan fingerprint density at radius 1 is 0.950 bits per heavy atom. The molecule has 0 aliphatic rings. The average Bonchev–Trinajstić information content (AvgIpc) is 2.89. The van der Waals surface area contributed by atoms with Crippen LogP contribution in [0.15, 0.2) is 60.7 Å². The Kier molecular flexibility index (Phi) is 12.0. The van der Waals surface area contributed by atoms with Gasteiger partial charge in [0.05, 0.1) is 6.54 Å². The maximum atomic E-state index is 14.1. The van der Waals surface area contributed by atoms with E-state index in [2.05, 4.69) is 0 Å². The van der Waals surface area contributed by atoms with E-state index < -0.39 is 29.8 Å². The van der Waals surface area contributed by atoms with Gasteiger partial charge in [-0.2, -0.15) is 0 Å². The van der Waals surface area contributed by atoms with E-state index in [0.717, 1.165) is 23.3 Å². The van der Waals surface area contributed by atoms with Crippen LogP contribution in [0.3, 0.4) is 0 Å². The first-order chi connectivity index (χ1) is 19.1. The maximum absolute atomic E-state index is 14.1. The van der Waals surface area contributed by atoms with Crippen LogP contribution in [0.2, 0.25) is 10.0 Å². The normalized spacial score (nSPS) is 11.6. The molecule has 0 aliphatic carbocycles. The average molecular weight is 596 g/mol. The molecule has 0 aliphatic heterocycles. The molecule has 3 aromatic carbocycles. The number of carbonyl (C=O) groups is 2. The van der Waals surface area contributed by atoms with Crippen LogP contribution < -0.4 is 9.47 Å². The van der Waals surface area contributed by atoms with Gasteiger partial charge in [0, 0.05) is 35.7 Å². The van der Waals surface area contributed by atoms with Crippen molar-refractivity contribution >= 4 is 35.3 Å². The van der Waals surface area contributed by atoms with Crippen molar-refractivity contribution in [1.29, 1.82) is 0 Å². The number of amides is 1. The fourth-order valence-corrected chi connectivity index (χ4v) is 4.44.